The van der Waals surface area contributed by atoms with Gasteiger partial charge in [0.05, 0.1) is 5.56 Å². The molecule has 1 aliphatic heterocycles. The first-order valence-electron chi connectivity index (χ1n) is 5.76. The van der Waals surface area contributed by atoms with Crippen molar-refractivity contribution in [2.45, 2.75) is 6.04 Å². The molecule has 1 heterocycles. The molecule has 1 unspecified atom stereocenters. The molecule has 102 valence electrons. The lowest BCUT2D eigenvalue weighted by Crippen LogP contribution is -2.58. The minimum absolute atomic E-state index is 0.314. The molecule has 19 heavy (non-hydrogen) atoms. The van der Waals surface area contributed by atoms with Gasteiger partial charge in [-0.15, -0.1) is 0 Å². The molecule has 1 aliphatic rings. The largest absolute Gasteiger partial charge is 0.368 e. The number of benzene rings is 1. The van der Waals surface area contributed by atoms with Crippen LogP contribution in [0, 0.1) is 5.82 Å². The van der Waals surface area contributed by atoms with E-state index in [0.717, 1.165) is 0 Å². The van der Waals surface area contributed by atoms with Crippen molar-refractivity contribution in [3.63, 3.8) is 0 Å². The normalized spacial score (nSPS) is 19.3. The molecule has 0 spiro atoms. The molecular formula is C12H13BrFN3O2. The monoisotopic (exact) mass is 329 g/mol. The molecule has 0 aliphatic carbocycles. The van der Waals surface area contributed by atoms with Crippen molar-refractivity contribution < 1.29 is 14.0 Å². The third-order valence-electron chi connectivity index (χ3n) is 2.99. The van der Waals surface area contributed by atoms with E-state index in [1.54, 1.807) is 0 Å². The molecule has 5 nitrogen and oxygen atoms in total. The van der Waals surface area contributed by atoms with Gasteiger partial charge in [-0.1, -0.05) is 0 Å². The zero-order chi connectivity index (χ0) is 14.0. The standard InChI is InChI=1S/C12H13BrFN3O2/c13-9-5-7(14)1-2-8(9)12(19)17-4-3-16-6-10(17)11(15)18/h1-2,5,10,16H,3-4,6H2,(H2,15,18). The third-order valence-corrected chi connectivity index (χ3v) is 3.65. The van der Waals surface area contributed by atoms with Crippen molar-refractivity contribution in [1.82, 2.24) is 10.2 Å². The Morgan fingerprint density at radius 3 is 2.84 bits per heavy atom. The Kier molecular flexibility index (Phi) is 4.16. The van der Waals surface area contributed by atoms with Crippen molar-refractivity contribution >= 4 is 27.7 Å². The summed E-state index contributed by atoms with van der Waals surface area (Å²) in [7, 11) is 0. The third kappa shape index (κ3) is 2.93. The number of amides is 2. The maximum absolute atomic E-state index is 13.0. The number of halogens is 2. The summed E-state index contributed by atoms with van der Waals surface area (Å²) in [6.45, 7) is 1.31. The highest BCUT2D eigenvalue weighted by Gasteiger charge is 2.31. The van der Waals surface area contributed by atoms with Crippen LogP contribution in [0.2, 0.25) is 0 Å². The van der Waals surface area contributed by atoms with E-state index in [-0.39, 0.29) is 5.91 Å². The van der Waals surface area contributed by atoms with Gasteiger partial charge in [0.25, 0.3) is 5.91 Å². The van der Waals surface area contributed by atoms with Gasteiger partial charge < -0.3 is 16.0 Å². The van der Waals surface area contributed by atoms with Gasteiger partial charge in [-0.3, -0.25) is 9.59 Å². The number of piperazine rings is 1. The summed E-state index contributed by atoms with van der Waals surface area (Å²) in [6, 6.07) is 3.13. The Bertz CT molecular complexity index is 524. The van der Waals surface area contributed by atoms with Gasteiger partial charge in [-0.25, -0.2) is 4.39 Å². The van der Waals surface area contributed by atoms with E-state index in [2.05, 4.69) is 21.2 Å². The van der Waals surface area contributed by atoms with Crippen LogP contribution in [-0.2, 0) is 4.79 Å². The van der Waals surface area contributed by atoms with Gasteiger partial charge >= 0.3 is 0 Å². The zero-order valence-electron chi connectivity index (χ0n) is 10.0. The summed E-state index contributed by atoms with van der Waals surface area (Å²) in [5.74, 6) is -1.33. The number of hydrogen-bond acceptors (Lipinski definition) is 3. The fourth-order valence-electron chi connectivity index (χ4n) is 2.02. The summed E-state index contributed by atoms with van der Waals surface area (Å²) in [4.78, 5) is 25.2. The highest BCUT2D eigenvalue weighted by molar-refractivity contribution is 9.10. The molecule has 7 heteroatoms. The minimum atomic E-state index is -0.682. The number of nitrogens with one attached hydrogen (secondary N) is 1. The number of nitrogens with two attached hydrogens (primary N) is 1. The van der Waals surface area contributed by atoms with Gasteiger partial charge in [0.15, 0.2) is 0 Å². The molecule has 2 rings (SSSR count). The van der Waals surface area contributed by atoms with Crippen LogP contribution in [0.3, 0.4) is 0 Å². The van der Waals surface area contributed by atoms with Gasteiger partial charge in [0.1, 0.15) is 11.9 Å². The van der Waals surface area contributed by atoms with E-state index in [1.807, 2.05) is 0 Å². The van der Waals surface area contributed by atoms with Gasteiger partial charge in [0, 0.05) is 24.1 Å². The molecule has 0 saturated carbocycles. The number of carbonyl (C=O) groups excluding carboxylic acids is 2. The van der Waals surface area contributed by atoms with Crippen molar-refractivity contribution in [3.8, 4) is 0 Å². The SMILES string of the molecule is NC(=O)C1CNCCN1C(=O)c1ccc(F)cc1Br. The molecule has 0 aromatic heterocycles. The van der Waals surface area contributed by atoms with Crippen molar-refractivity contribution in [2.24, 2.45) is 5.73 Å². The number of nitrogens with zero attached hydrogens (tertiary/aromatic N) is 1. The lowest BCUT2D eigenvalue weighted by molar-refractivity contribution is -0.122. The predicted molar refractivity (Wildman–Crippen MR) is 71.0 cm³/mol. The van der Waals surface area contributed by atoms with Crippen LogP contribution in [-0.4, -0.2) is 42.4 Å². The maximum atomic E-state index is 13.0. The van der Waals surface area contributed by atoms with Crippen LogP contribution < -0.4 is 11.1 Å². The van der Waals surface area contributed by atoms with Crippen molar-refractivity contribution in [2.75, 3.05) is 19.6 Å². The molecule has 1 aromatic carbocycles. The van der Waals surface area contributed by atoms with E-state index in [4.69, 9.17) is 5.73 Å². The van der Waals surface area contributed by atoms with Crippen molar-refractivity contribution in [3.05, 3.63) is 34.1 Å². The average Bonchev–Trinajstić information content (AvgIpc) is 2.38. The van der Waals surface area contributed by atoms with E-state index in [9.17, 15) is 14.0 Å². The minimum Gasteiger partial charge on any atom is -0.368 e. The summed E-state index contributed by atoms with van der Waals surface area (Å²) in [5.41, 5.74) is 5.61. The molecule has 0 bridgehead atoms. The summed E-state index contributed by atoms with van der Waals surface area (Å²) in [5, 5.41) is 3.01. The molecule has 1 fully saturated rings. The summed E-state index contributed by atoms with van der Waals surface area (Å²) in [6.07, 6.45) is 0. The Morgan fingerprint density at radius 1 is 1.47 bits per heavy atom. The highest BCUT2D eigenvalue weighted by Crippen LogP contribution is 2.21. The molecule has 3 N–H and O–H groups in total. The molecule has 1 aromatic rings. The second-order valence-corrected chi connectivity index (χ2v) is 5.10. The smallest absolute Gasteiger partial charge is 0.255 e. The maximum Gasteiger partial charge on any atom is 0.255 e. The molecular weight excluding hydrogens is 317 g/mol. The number of rotatable bonds is 2. The number of primary amides is 1. The Balaban J connectivity index is 2.28. The van der Waals surface area contributed by atoms with E-state index in [1.165, 1.54) is 23.1 Å². The lowest BCUT2D eigenvalue weighted by atomic mass is 10.1. The number of carbonyl (C=O) groups is 2. The van der Waals surface area contributed by atoms with E-state index < -0.39 is 17.8 Å². The van der Waals surface area contributed by atoms with Crippen LogP contribution in [0.25, 0.3) is 0 Å². The number of hydrogen-bond donors (Lipinski definition) is 2. The zero-order valence-corrected chi connectivity index (χ0v) is 11.6. The Labute approximate surface area is 118 Å². The van der Waals surface area contributed by atoms with Crippen LogP contribution in [0.15, 0.2) is 22.7 Å². The van der Waals surface area contributed by atoms with Gasteiger partial charge in [0.2, 0.25) is 5.91 Å². The van der Waals surface area contributed by atoms with E-state index >= 15 is 0 Å². The highest BCUT2D eigenvalue weighted by atomic mass is 79.9. The van der Waals surface area contributed by atoms with Gasteiger partial charge in [-0.05, 0) is 34.1 Å². The Morgan fingerprint density at radius 2 is 2.21 bits per heavy atom. The summed E-state index contributed by atoms with van der Waals surface area (Å²) < 4.78 is 13.4. The average molecular weight is 330 g/mol. The van der Waals surface area contributed by atoms with Crippen molar-refractivity contribution in [1.29, 1.82) is 0 Å². The van der Waals surface area contributed by atoms with Crippen LogP contribution in [0.1, 0.15) is 10.4 Å². The first kappa shape index (κ1) is 14.0. The fraction of sp³-hybridized carbons (Fsp3) is 0.333. The first-order chi connectivity index (χ1) is 9.00. The summed E-state index contributed by atoms with van der Waals surface area (Å²) >= 11 is 3.15. The molecule has 1 atom stereocenters. The first-order valence-corrected chi connectivity index (χ1v) is 6.56. The van der Waals surface area contributed by atoms with Crippen LogP contribution in [0.5, 0.6) is 0 Å². The molecule has 1 saturated heterocycles. The predicted octanol–water partition coefficient (Wildman–Crippen LogP) is 0.488. The second kappa shape index (κ2) is 5.66. The molecule has 2 amide bonds. The van der Waals surface area contributed by atoms with Crippen LogP contribution in [0.4, 0.5) is 4.39 Å². The van der Waals surface area contributed by atoms with E-state index in [0.29, 0.717) is 29.7 Å². The lowest BCUT2D eigenvalue weighted by Gasteiger charge is -2.34. The molecule has 0 radical (unpaired) electrons. The quantitative estimate of drug-likeness (QED) is 0.829. The fourth-order valence-corrected chi connectivity index (χ4v) is 2.54. The van der Waals surface area contributed by atoms with Crippen LogP contribution >= 0.6 is 15.9 Å². The Hall–Kier alpha value is -1.47. The van der Waals surface area contributed by atoms with Gasteiger partial charge in [-0.2, -0.15) is 0 Å². The second-order valence-electron chi connectivity index (χ2n) is 4.25. The topological polar surface area (TPSA) is 75.4 Å².